The third-order valence-electron chi connectivity index (χ3n) is 2.29. The van der Waals surface area contributed by atoms with Crippen LogP contribution in [0.25, 0.3) is 6.08 Å². The van der Waals surface area contributed by atoms with E-state index in [-0.39, 0.29) is 12.3 Å². The van der Waals surface area contributed by atoms with Crippen LogP contribution >= 0.6 is 0 Å². The topological polar surface area (TPSA) is 95.1 Å². The van der Waals surface area contributed by atoms with E-state index in [2.05, 4.69) is 15.3 Å². The molecular weight excluding hydrogens is 234 g/mol. The first kappa shape index (κ1) is 14.0. The summed E-state index contributed by atoms with van der Waals surface area (Å²) in [5.74, 6) is -0.947. The fourth-order valence-corrected chi connectivity index (χ4v) is 1.37. The molecule has 6 heteroatoms. The van der Waals surface area contributed by atoms with Crippen molar-refractivity contribution in [1.29, 1.82) is 0 Å². The highest BCUT2D eigenvalue weighted by Crippen LogP contribution is 1.98. The predicted molar refractivity (Wildman–Crippen MR) is 66.7 cm³/mol. The van der Waals surface area contributed by atoms with Gasteiger partial charge in [0.25, 0.3) is 0 Å². The zero-order valence-corrected chi connectivity index (χ0v) is 10.1. The second-order valence-electron chi connectivity index (χ2n) is 3.82. The Kier molecular flexibility index (Phi) is 6.24. The molecule has 1 aromatic rings. The molecular formula is C12H17N3O3. The molecule has 0 aliphatic heterocycles. The van der Waals surface area contributed by atoms with Crippen molar-refractivity contribution in [3.8, 4) is 0 Å². The Morgan fingerprint density at radius 1 is 1.39 bits per heavy atom. The van der Waals surface area contributed by atoms with Crippen LogP contribution in [0.2, 0.25) is 0 Å². The van der Waals surface area contributed by atoms with Crippen LogP contribution in [0.15, 0.2) is 18.6 Å². The molecule has 1 rings (SSSR count). The summed E-state index contributed by atoms with van der Waals surface area (Å²) < 4.78 is 0. The van der Waals surface area contributed by atoms with Gasteiger partial charge in [0.1, 0.15) is 0 Å². The van der Waals surface area contributed by atoms with Crippen LogP contribution in [0.1, 0.15) is 31.4 Å². The van der Waals surface area contributed by atoms with Crippen LogP contribution in [-0.2, 0) is 9.59 Å². The Bertz CT molecular complexity index is 399. The predicted octanol–water partition coefficient (Wildman–Crippen LogP) is 1.18. The van der Waals surface area contributed by atoms with E-state index in [0.717, 1.165) is 12.8 Å². The van der Waals surface area contributed by atoms with Gasteiger partial charge in [0.15, 0.2) is 0 Å². The van der Waals surface area contributed by atoms with Gasteiger partial charge < -0.3 is 15.4 Å². The number of hydrogen-bond acceptors (Lipinski definition) is 3. The number of carbonyl (C=O) groups excluding carboxylic acids is 1. The minimum absolute atomic E-state index is 0.170. The zero-order valence-electron chi connectivity index (χ0n) is 10.1. The second-order valence-corrected chi connectivity index (χ2v) is 3.82. The molecule has 0 fully saturated rings. The van der Waals surface area contributed by atoms with Gasteiger partial charge in [-0.15, -0.1) is 0 Å². The van der Waals surface area contributed by atoms with Crippen molar-refractivity contribution in [3.63, 3.8) is 0 Å². The largest absolute Gasteiger partial charge is 0.481 e. The lowest BCUT2D eigenvalue weighted by atomic mass is 10.2. The van der Waals surface area contributed by atoms with Gasteiger partial charge in [-0.2, -0.15) is 0 Å². The first-order valence-electron chi connectivity index (χ1n) is 5.85. The SMILES string of the molecule is O=C(O)CCCCCNC(=O)/C=C/c1c[nH]cn1. The minimum Gasteiger partial charge on any atom is -0.481 e. The summed E-state index contributed by atoms with van der Waals surface area (Å²) >= 11 is 0. The van der Waals surface area contributed by atoms with Crippen LogP contribution in [0.4, 0.5) is 0 Å². The van der Waals surface area contributed by atoms with Crippen molar-refractivity contribution in [2.45, 2.75) is 25.7 Å². The Balaban J connectivity index is 2.05. The van der Waals surface area contributed by atoms with E-state index in [1.54, 1.807) is 18.6 Å². The standard InChI is InChI=1S/C12H17N3O3/c16-11(6-5-10-8-13-9-15-10)14-7-3-1-2-4-12(17)18/h5-6,8-9H,1-4,7H2,(H,13,15)(H,14,16)(H,17,18)/b6-5+. The van der Waals surface area contributed by atoms with Gasteiger partial charge in [-0.1, -0.05) is 6.42 Å². The number of carbonyl (C=O) groups is 2. The molecule has 0 saturated heterocycles. The Morgan fingerprint density at radius 3 is 2.89 bits per heavy atom. The average molecular weight is 251 g/mol. The maximum Gasteiger partial charge on any atom is 0.303 e. The Labute approximate surface area is 105 Å². The molecule has 98 valence electrons. The monoisotopic (exact) mass is 251 g/mol. The molecule has 0 atom stereocenters. The lowest BCUT2D eigenvalue weighted by molar-refractivity contribution is -0.137. The van der Waals surface area contributed by atoms with Crippen molar-refractivity contribution >= 4 is 18.0 Å². The Hall–Kier alpha value is -2.11. The van der Waals surface area contributed by atoms with Crippen molar-refractivity contribution in [2.75, 3.05) is 6.54 Å². The number of H-pyrrole nitrogens is 1. The van der Waals surface area contributed by atoms with Crippen LogP contribution in [0.5, 0.6) is 0 Å². The van der Waals surface area contributed by atoms with E-state index >= 15 is 0 Å². The number of aromatic nitrogens is 2. The number of carboxylic acids is 1. The smallest absolute Gasteiger partial charge is 0.303 e. The third-order valence-corrected chi connectivity index (χ3v) is 2.29. The molecule has 0 saturated carbocycles. The molecule has 0 radical (unpaired) electrons. The molecule has 0 spiro atoms. The molecule has 1 aromatic heterocycles. The first-order chi connectivity index (χ1) is 8.68. The van der Waals surface area contributed by atoms with E-state index in [4.69, 9.17) is 5.11 Å². The molecule has 6 nitrogen and oxygen atoms in total. The van der Waals surface area contributed by atoms with E-state index in [1.807, 2.05) is 0 Å². The van der Waals surface area contributed by atoms with Crippen molar-refractivity contribution in [3.05, 3.63) is 24.3 Å². The maximum absolute atomic E-state index is 11.3. The van der Waals surface area contributed by atoms with Gasteiger partial charge in [0.2, 0.25) is 5.91 Å². The van der Waals surface area contributed by atoms with Crippen LogP contribution < -0.4 is 5.32 Å². The number of carboxylic acid groups (broad SMARTS) is 1. The van der Waals surface area contributed by atoms with Gasteiger partial charge in [0.05, 0.1) is 12.0 Å². The van der Waals surface area contributed by atoms with Gasteiger partial charge in [-0.3, -0.25) is 9.59 Å². The van der Waals surface area contributed by atoms with Crippen molar-refractivity contribution in [1.82, 2.24) is 15.3 Å². The Morgan fingerprint density at radius 2 is 2.22 bits per heavy atom. The molecule has 0 unspecified atom stereocenters. The highest BCUT2D eigenvalue weighted by atomic mass is 16.4. The average Bonchev–Trinajstić information content (AvgIpc) is 2.83. The van der Waals surface area contributed by atoms with Gasteiger partial charge >= 0.3 is 5.97 Å². The summed E-state index contributed by atoms with van der Waals surface area (Å²) in [7, 11) is 0. The fourth-order valence-electron chi connectivity index (χ4n) is 1.37. The van der Waals surface area contributed by atoms with Gasteiger partial charge in [-0.25, -0.2) is 4.98 Å². The summed E-state index contributed by atoms with van der Waals surface area (Å²) in [6.45, 7) is 0.559. The quantitative estimate of drug-likeness (QED) is 0.477. The highest BCUT2D eigenvalue weighted by molar-refractivity contribution is 5.91. The third kappa shape index (κ3) is 6.47. The second kappa shape index (κ2) is 8.05. The number of hydrogen-bond donors (Lipinski definition) is 3. The number of unbranched alkanes of at least 4 members (excludes halogenated alkanes) is 2. The summed E-state index contributed by atoms with van der Waals surface area (Å²) in [6.07, 6.45) is 8.70. The number of aromatic amines is 1. The molecule has 3 N–H and O–H groups in total. The van der Waals surface area contributed by atoms with Crippen LogP contribution in [-0.4, -0.2) is 33.5 Å². The molecule has 0 aliphatic rings. The zero-order chi connectivity index (χ0) is 13.2. The summed E-state index contributed by atoms with van der Waals surface area (Å²) in [5, 5.41) is 11.2. The van der Waals surface area contributed by atoms with E-state index in [9.17, 15) is 9.59 Å². The van der Waals surface area contributed by atoms with E-state index in [1.165, 1.54) is 6.08 Å². The van der Waals surface area contributed by atoms with Crippen LogP contribution in [0, 0.1) is 0 Å². The molecule has 1 amide bonds. The highest BCUT2D eigenvalue weighted by Gasteiger charge is 1.98. The lowest BCUT2D eigenvalue weighted by Crippen LogP contribution is -2.22. The molecule has 0 aliphatic carbocycles. The number of nitrogens with one attached hydrogen (secondary N) is 2. The van der Waals surface area contributed by atoms with Crippen molar-refractivity contribution in [2.24, 2.45) is 0 Å². The van der Waals surface area contributed by atoms with E-state index in [0.29, 0.717) is 18.7 Å². The molecule has 0 aromatic carbocycles. The van der Waals surface area contributed by atoms with Crippen molar-refractivity contribution < 1.29 is 14.7 Å². The number of nitrogens with zero attached hydrogens (tertiary/aromatic N) is 1. The van der Waals surface area contributed by atoms with Crippen LogP contribution in [0.3, 0.4) is 0 Å². The number of imidazole rings is 1. The summed E-state index contributed by atoms with van der Waals surface area (Å²) in [5.41, 5.74) is 0.701. The minimum atomic E-state index is -0.777. The van der Waals surface area contributed by atoms with Gasteiger partial charge in [0, 0.05) is 25.2 Å². The summed E-state index contributed by atoms with van der Waals surface area (Å²) in [4.78, 5) is 28.3. The maximum atomic E-state index is 11.3. The fraction of sp³-hybridized carbons (Fsp3) is 0.417. The molecule has 1 heterocycles. The molecule has 0 bridgehead atoms. The van der Waals surface area contributed by atoms with Gasteiger partial charge in [-0.05, 0) is 18.9 Å². The van der Waals surface area contributed by atoms with E-state index < -0.39 is 5.97 Å². The normalized spacial score (nSPS) is 10.7. The lowest BCUT2D eigenvalue weighted by Gasteiger charge is -2.01. The summed E-state index contributed by atoms with van der Waals surface area (Å²) in [6, 6.07) is 0. The molecule has 18 heavy (non-hydrogen) atoms. The number of aliphatic carboxylic acids is 1. The number of rotatable bonds is 8. The number of amides is 1. The first-order valence-corrected chi connectivity index (χ1v) is 5.85.